The number of rotatable bonds is 2. The van der Waals surface area contributed by atoms with Crippen LogP contribution in [0.3, 0.4) is 0 Å². The predicted molar refractivity (Wildman–Crippen MR) is 66.5 cm³/mol. The number of nitrogens with zero attached hydrogens (tertiary/aromatic N) is 1. The maximum absolute atomic E-state index is 6.03. The Hall–Kier alpha value is -0.380. The number of benzene rings is 1. The lowest BCUT2D eigenvalue weighted by atomic mass is 10.1. The maximum atomic E-state index is 6.03. The van der Waals surface area contributed by atoms with Crippen molar-refractivity contribution in [1.29, 1.82) is 0 Å². The first-order valence-electron chi connectivity index (χ1n) is 5.23. The third-order valence-electron chi connectivity index (χ3n) is 2.59. The van der Waals surface area contributed by atoms with E-state index >= 15 is 0 Å². The van der Waals surface area contributed by atoms with Gasteiger partial charge in [-0.2, -0.15) is 0 Å². The molecule has 2 rings (SSSR count). The molecule has 15 heavy (non-hydrogen) atoms. The van der Waals surface area contributed by atoms with Crippen LogP contribution < -0.4 is 5.73 Å². The van der Waals surface area contributed by atoms with Crippen LogP contribution in [-0.4, -0.2) is 17.0 Å². The average molecular weight is 269 g/mol. The van der Waals surface area contributed by atoms with Crippen LogP contribution in [0.4, 0.5) is 0 Å². The molecule has 0 atom stereocenters. The van der Waals surface area contributed by atoms with Crippen LogP contribution in [0, 0.1) is 0 Å². The molecule has 0 unspecified atom stereocenters. The van der Waals surface area contributed by atoms with Crippen molar-refractivity contribution < 1.29 is 0 Å². The molecule has 2 N–H and O–H groups in total. The van der Waals surface area contributed by atoms with E-state index in [2.05, 4.69) is 52.9 Å². The molecule has 0 amide bonds. The highest BCUT2D eigenvalue weighted by atomic mass is 79.9. The van der Waals surface area contributed by atoms with Crippen LogP contribution in [-0.2, 0) is 13.1 Å². The third kappa shape index (κ3) is 2.80. The quantitative estimate of drug-likeness (QED) is 0.893. The van der Waals surface area contributed by atoms with Gasteiger partial charge < -0.3 is 5.73 Å². The van der Waals surface area contributed by atoms with Crippen molar-refractivity contribution in [2.45, 2.75) is 32.5 Å². The highest BCUT2D eigenvalue weighted by molar-refractivity contribution is 9.10. The van der Waals surface area contributed by atoms with E-state index < -0.39 is 0 Å². The fraction of sp³-hybridized carbons (Fsp3) is 0.500. The zero-order chi connectivity index (χ0) is 11.1. The normalized spacial score (nSPS) is 16.8. The van der Waals surface area contributed by atoms with E-state index in [0.717, 1.165) is 24.1 Å². The second kappa shape index (κ2) is 3.89. The van der Waals surface area contributed by atoms with E-state index in [9.17, 15) is 0 Å². The standard InChI is InChI=1S/C12H17BrN2/c1-12(2,14)8-15-6-9-3-4-11(13)5-10(9)7-15/h3-5H,6-8,14H2,1-2H3. The molecule has 1 aromatic carbocycles. The van der Waals surface area contributed by atoms with Crippen molar-refractivity contribution in [1.82, 2.24) is 4.90 Å². The Kier molecular flexibility index (Phi) is 2.88. The Bertz CT molecular complexity index is 368. The molecule has 0 aliphatic carbocycles. The summed E-state index contributed by atoms with van der Waals surface area (Å²) in [4.78, 5) is 2.40. The van der Waals surface area contributed by atoms with Gasteiger partial charge >= 0.3 is 0 Å². The second-order valence-electron chi connectivity index (χ2n) is 5.05. The highest BCUT2D eigenvalue weighted by Crippen LogP contribution is 2.26. The van der Waals surface area contributed by atoms with E-state index in [0.29, 0.717) is 0 Å². The second-order valence-corrected chi connectivity index (χ2v) is 5.96. The molecular weight excluding hydrogens is 252 g/mol. The highest BCUT2D eigenvalue weighted by Gasteiger charge is 2.23. The van der Waals surface area contributed by atoms with Gasteiger partial charge in [0, 0.05) is 29.6 Å². The topological polar surface area (TPSA) is 29.3 Å². The molecule has 1 aromatic rings. The van der Waals surface area contributed by atoms with Gasteiger partial charge in [0.1, 0.15) is 0 Å². The maximum Gasteiger partial charge on any atom is 0.0241 e. The van der Waals surface area contributed by atoms with Crippen molar-refractivity contribution in [2.24, 2.45) is 5.73 Å². The molecule has 0 spiro atoms. The Morgan fingerprint density at radius 1 is 1.33 bits per heavy atom. The van der Waals surface area contributed by atoms with E-state index in [-0.39, 0.29) is 5.54 Å². The molecule has 0 radical (unpaired) electrons. The van der Waals surface area contributed by atoms with Crippen LogP contribution in [0.1, 0.15) is 25.0 Å². The van der Waals surface area contributed by atoms with Crippen LogP contribution in [0.2, 0.25) is 0 Å². The lowest BCUT2D eigenvalue weighted by molar-refractivity contribution is 0.230. The molecule has 0 aromatic heterocycles. The van der Waals surface area contributed by atoms with E-state index in [1.165, 1.54) is 11.1 Å². The number of nitrogens with two attached hydrogens (primary N) is 1. The van der Waals surface area contributed by atoms with Gasteiger partial charge in [0.05, 0.1) is 0 Å². The minimum Gasteiger partial charge on any atom is -0.324 e. The Labute approximate surface area is 99.6 Å². The minimum absolute atomic E-state index is 0.112. The zero-order valence-corrected chi connectivity index (χ0v) is 10.8. The first-order chi connectivity index (χ1) is 6.94. The minimum atomic E-state index is -0.112. The van der Waals surface area contributed by atoms with Gasteiger partial charge in [-0.05, 0) is 37.1 Å². The van der Waals surface area contributed by atoms with Gasteiger partial charge in [0.15, 0.2) is 0 Å². The van der Waals surface area contributed by atoms with E-state index in [4.69, 9.17) is 5.73 Å². The summed E-state index contributed by atoms with van der Waals surface area (Å²) in [6.45, 7) is 7.15. The largest absolute Gasteiger partial charge is 0.324 e. The summed E-state index contributed by atoms with van der Waals surface area (Å²) in [6, 6.07) is 6.51. The summed E-state index contributed by atoms with van der Waals surface area (Å²) in [5, 5.41) is 0. The average Bonchev–Trinajstić information content (AvgIpc) is 2.42. The van der Waals surface area contributed by atoms with Crippen LogP contribution in [0.15, 0.2) is 22.7 Å². The number of hydrogen-bond acceptors (Lipinski definition) is 2. The molecule has 0 saturated carbocycles. The van der Waals surface area contributed by atoms with Crippen molar-refractivity contribution in [2.75, 3.05) is 6.54 Å². The van der Waals surface area contributed by atoms with Crippen molar-refractivity contribution in [3.05, 3.63) is 33.8 Å². The molecule has 1 aliphatic rings. The smallest absolute Gasteiger partial charge is 0.0241 e. The predicted octanol–water partition coefficient (Wildman–Crippen LogP) is 2.50. The lowest BCUT2D eigenvalue weighted by Gasteiger charge is -2.25. The van der Waals surface area contributed by atoms with Gasteiger partial charge in [-0.3, -0.25) is 4.90 Å². The molecule has 0 bridgehead atoms. The third-order valence-corrected chi connectivity index (χ3v) is 3.08. The molecule has 82 valence electrons. The number of hydrogen-bond donors (Lipinski definition) is 1. The zero-order valence-electron chi connectivity index (χ0n) is 9.26. The summed E-state index contributed by atoms with van der Waals surface area (Å²) >= 11 is 3.50. The molecule has 3 heteroatoms. The van der Waals surface area contributed by atoms with Gasteiger partial charge in [-0.15, -0.1) is 0 Å². The summed E-state index contributed by atoms with van der Waals surface area (Å²) < 4.78 is 1.16. The lowest BCUT2D eigenvalue weighted by Crippen LogP contribution is -2.43. The van der Waals surface area contributed by atoms with Crippen LogP contribution >= 0.6 is 15.9 Å². The molecular formula is C12H17BrN2. The van der Waals surface area contributed by atoms with Gasteiger partial charge in [-0.1, -0.05) is 22.0 Å². The SMILES string of the molecule is CC(C)(N)CN1Cc2ccc(Br)cc2C1. The Morgan fingerprint density at radius 3 is 2.67 bits per heavy atom. The first kappa shape index (κ1) is 11.1. The number of halogens is 1. The first-order valence-corrected chi connectivity index (χ1v) is 6.02. The molecule has 1 heterocycles. The molecule has 2 nitrogen and oxygen atoms in total. The van der Waals surface area contributed by atoms with Crippen molar-refractivity contribution in [3.8, 4) is 0 Å². The summed E-state index contributed by atoms with van der Waals surface area (Å²) in [7, 11) is 0. The van der Waals surface area contributed by atoms with Crippen LogP contribution in [0.5, 0.6) is 0 Å². The van der Waals surface area contributed by atoms with Gasteiger partial charge in [0.25, 0.3) is 0 Å². The van der Waals surface area contributed by atoms with Crippen molar-refractivity contribution in [3.63, 3.8) is 0 Å². The van der Waals surface area contributed by atoms with E-state index in [1.54, 1.807) is 0 Å². The van der Waals surface area contributed by atoms with Gasteiger partial charge in [-0.25, -0.2) is 0 Å². The summed E-state index contributed by atoms with van der Waals surface area (Å²) in [5.41, 5.74) is 8.77. The van der Waals surface area contributed by atoms with Gasteiger partial charge in [0.2, 0.25) is 0 Å². The fourth-order valence-corrected chi connectivity index (χ4v) is 2.53. The molecule has 0 fully saturated rings. The summed E-state index contributed by atoms with van der Waals surface area (Å²) in [6.07, 6.45) is 0. The van der Waals surface area contributed by atoms with E-state index in [1.807, 2.05) is 0 Å². The Morgan fingerprint density at radius 2 is 2.00 bits per heavy atom. The Balaban J connectivity index is 2.09. The van der Waals surface area contributed by atoms with Crippen LogP contribution in [0.25, 0.3) is 0 Å². The van der Waals surface area contributed by atoms with Crippen molar-refractivity contribution >= 4 is 15.9 Å². The fourth-order valence-electron chi connectivity index (χ4n) is 2.12. The summed E-state index contributed by atoms with van der Waals surface area (Å²) in [5.74, 6) is 0. The monoisotopic (exact) mass is 268 g/mol. The molecule has 1 aliphatic heterocycles. The number of fused-ring (bicyclic) bond motifs is 1. The molecule has 0 saturated heterocycles.